The summed E-state index contributed by atoms with van der Waals surface area (Å²) in [5.41, 5.74) is 9.68. The van der Waals surface area contributed by atoms with Crippen molar-refractivity contribution < 1.29 is 9.59 Å². The molecule has 0 bridgehead atoms. The van der Waals surface area contributed by atoms with Crippen LogP contribution in [0.3, 0.4) is 0 Å². The molecule has 0 aliphatic rings. The summed E-state index contributed by atoms with van der Waals surface area (Å²) in [4.78, 5) is 36.6. The summed E-state index contributed by atoms with van der Waals surface area (Å²) in [6.45, 7) is 0. The highest BCUT2D eigenvalue weighted by Gasteiger charge is 2.10. The lowest BCUT2D eigenvalue weighted by molar-refractivity contribution is 0.0846. The van der Waals surface area contributed by atoms with Gasteiger partial charge in [0.1, 0.15) is 0 Å². The van der Waals surface area contributed by atoms with Crippen molar-refractivity contribution in [2.45, 2.75) is 10.9 Å². The molecular weight excluding hydrogens is 448 g/mol. The highest BCUT2D eigenvalue weighted by Crippen LogP contribution is 2.23. The molecule has 3 aromatic carbocycles. The SMILES string of the molecule is O=C(NNC(=O)c1ccc(-n2ccnc2)cc1)c1ccc(CSc2nc3ccccc3[nH]2)cc1. The first-order valence-corrected chi connectivity index (χ1v) is 11.5. The Bertz CT molecular complexity index is 1390. The minimum Gasteiger partial charge on any atom is -0.333 e. The van der Waals surface area contributed by atoms with E-state index in [9.17, 15) is 9.59 Å². The molecule has 0 saturated heterocycles. The van der Waals surface area contributed by atoms with Gasteiger partial charge >= 0.3 is 0 Å². The van der Waals surface area contributed by atoms with E-state index in [2.05, 4.69) is 25.8 Å². The van der Waals surface area contributed by atoms with E-state index in [1.165, 1.54) is 0 Å². The fraction of sp³-hybridized carbons (Fsp3) is 0.0400. The molecule has 0 aliphatic carbocycles. The van der Waals surface area contributed by atoms with Crippen LogP contribution in [-0.4, -0.2) is 31.3 Å². The third kappa shape index (κ3) is 4.84. The molecule has 0 fully saturated rings. The lowest BCUT2D eigenvalue weighted by Crippen LogP contribution is -2.41. The number of imidazole rings is 2. The summed E-state index contributed by atoms with van der Waals surface area (Å²) in [5, 5.41) is 0.851. The topological polar surface area (TPSA) is 105 Å². The molecule has 34 heavy (non-hydrogen) atoms. The molecule has 2 heterocycles. The van der Waals surface area contributed by atoms with Gasteiger partial charge in [-0.15, -0.1) is 0 Å². The maximum Gasteiger partial charge on any atom is 0.269 e. The van der Waals surface area contributed by atoms with Gasteiger partial charge in [-0.2, -0.15) is 0 Å². The second-order valence-electron chi connectivity index (χ2n) is 7.47. The number of H-pyrrole nitrogens is 1. The molecule has 8 nitrogen and oxygen atoms in total. The molecule has 168 valence electrons. The molecule has 5 rings (SSSR count). The summed E-state index contributed by atoms with van der Waals surface area (Å²) in [7, 11) is 0. The quantitative estimate of drug-likeness (QED) is 0.257. The zero-order valence-corrected chi connectivity index (χ0v) is 18.8. The molecule has 0 unspecified atom stereocenters. The first-order valence-electron chi connectivity index (χ1n) is 10.5. The Kier molecular flexibility index (Phi) is 6.09. The number of nitrogens with one attached hydrogen (secondary N) is 3. The van der Waals surface area contributed by atoms with Crippen LogP contribution in [0.25, 0.3) is 16.7 Å². The van der Waals surface area contributed by atoms with Crippen LogP contribution >= 0.6 is 11.8 Å². The number of nitrogens with zero attached hydrogens (tertiary/aromatic N) is 3. The Morgan fingerprint density at radius 2 is 1.56 bits per heavy atom. The Labute approximate surface area is 199 Å². The molecule has 5 aromatic rings. The van der Waals surface area contributed by atoms with Gasteiger partial charge in [-0.1, -0.05) is 36.0 Å². The number of hydrogen-bond donors (Lipinski definition) is 3. The molecule has 2 aromatic heterocycles. The van der Waals surface area contributed by atoms with Crippen molar-refractivity contribution in [2.24, 2.45) is 0 Å². The van der Waals surface area contributed by atoms with Gasteiger partial charge < -0.3 is 9.55 Å². The Balaban J connectivity index is 1.13. The maximum atomic E-state index is 12.4. The molecular formula is C25H20N6O2S. The number of fused-ring (bicyclic) bond motifs is 1. The van der Waals surface area contributed by atoms with Crippen molar-refractivity contribution in [3.8, 4) is 5.69 Å². The van der Waals surface area contributed by atoms with Crippen molar-refractivity contribution in [3.63, 3.8) is 0 Å². The third-order valence-electron chi connectivity index (χ3n) is 5.18. The molecule has 0 saturated carbocycles. The van der Waals surface area contributed by atoms with Crippen molar-refractivity contribution >= 4 is 34.6 Å². The van der Waals surface area contributed by atoms with Gasteiger partial charge in [0, 0.05) is 35.0 Å². The molecule has 2 amide bonds. The molecule has 9 heteroatoms. The van der Waals surface area contributed by atoms with E-state index in [0.29, 0.717) is 16.9 Å². The van der Waals surface area contributed by atoms with Gasteiger partial charge in [-0.25, -0.2) is 9.97 Å². The zero-order chi connectivity index (χ0) is 23.3. The fourth-order valence-corrected chi connectivity index (χ4v) is 4.20. The smallest absolute Gasteiger partial charge is 0.269 e. The van der Waals surface area contributed by atoms with Crippen molar-refractivity contribution in [1.82, 2.24) is 30.4 Å². The molecule has 3 N–H and O–H groups in total. The number of carbonyl (C=O) groups is 2. The van der Waals surface area contributed by atoms with Gasteiger partial charge in [0.15, 0.2) is 5.16 Å². The molecule has 0 aliphatic heterocycles. The second kappa shape index (κ2) is 9.63. The third-order valence-corrected chi connectivity index (χ3v) is 6.13. The van der Waals surface area contributed by atoms with Crippen LogP contribution < -0.4 is 10.9 Å². The van der Waals surface area contributed by atoms with Crippen LogP contribution in [0.1, 0.15) is 26.3 Å². The highest BCUT2D eigenvalue weighted by atomic mass is 32.2. The van der Waals surface area contributed by atoms with Crippen LogP contribution in [0.4, 0.5) is 0 Å². The van der Waals surface area contributed by atoms with Crippen LogP contribution in [0.15, 0.2) is 96.7 Å². The summed E-state index contributed by atoms with van der Waals surface area (Å²) < 4.78 is 1.84. The number of thioether (sulfide) groups is 1. The van der Waals surface area contributed by atoms with E-state index in [-0.39, 0.29) is 5.91 Å². The van der Waals surface area contributed by atoms with E-state index in [4.69, 9.17) is 0 Å². The van der Waals surface area contributed by atoms with Crippen LogP contribution in [0.2, 0.25) is 0 Å². The molecule has 0 radical (unpaired) electrons. The summed E-state index contributed by atoms with van der Waals surface area (Å²) in [6.07, 6.45) is 5.18. The van der Waals surface area contributed by atoms with Gasteiger partial charge in [0.2, 0.25) is 0 Å². The first kappa shape index (κ1) is 21.5. The monoisotopic (exact) mass is 468 g/mol. The Morgan fingerprint density at radius 1 is 0.882 bits per heavy atom. The fourth-order valence-electron chi connectivity index (χ4n) is 3.36. The average molecular weight is 469 g/mol. The van der Waals surface area contributed by atoms with E-state index in [0.717, 1.165) is 27.4 Å². The molecule has 0 atom stereocenters. The minimum atomic E-state index is -0.399. The Hall–Kier alpha value is -4.37. The maximum absolute atomic E-state index is 12.4. The van der Waals surface area contributed by atoms with Gasteiger partial charge in [0.05, 0.1) is 17.4 Å². The van der Waals surface area contributed by atoms with Crippen molar-refractivity contribution in [2.75, 3.05) is 0 Å². The van der Waals surface area contributed by atoms with Crippen LogP contribution in [0.5, 0.6) is 0 Å². The van der Waals surface area contributed by atoms with Crippen molar-refractivity contribution in [1.29, 1.82) is 0 Å². The number of aromatic nitrogens is 4. The van der Waals surface area contributed by atoms with Crippen LogP contribution in [0, 0.1) is 0 Å². The van der Waals surface area contributed by atoms with Crippen LogP contribution in [-0.2, 0) is 5.75 Å². The van der Waals surface area contributed by atoms with Gasteiger partial charge in [-0.05, 0) is 54.1 Å². The average Bonchev–Trinajstić information content (AvgIpc) is 3.56. The largest absolute Gasteiger partial charge is 0.333 e. The standard InChI is InChI=1S/C25H20N6O2S/c32-23(29-30-24(33)19-9-11-20(12-10-19)31-14-13-26-16-31)18-7-5-17(6-8-18)15-34-25-27-21-3-1-2-4-22(21)28-25/h1-14,16H,15H2,(H,27,28)(H,29,32)(H,30,33). The Morgan fingerprint density at radius 3 is 2.21 bits per heavy atom. The normalized spacial score (nSPS) is 10.8. The van der Waals surface area contributed by atoms with E-state index in [1.807, 2.05) is 47.2 Å². The number of hydrazine groups is 1. The lowest BCUT2D eigenvalue weighted by atomic mass is 10.1. The summed E-state index contributed by atoms with van der Waals surface area (Å²) in [6, 6.07) is 22.1. The number of para-hydroxylation sites is 2. The first-order chi connectivity index (χ1) is 16.7. The lowest BCUT2D eigenvalue weighted by Gasteiger charge is -2.09. The zero-order valence-electron chi connectivity index (χ0n) is 17.9. The number of rotatable bonds is 6. The van der Waals surface area contributed by atoms with E-state index in [1.54, 1.807) is 60.7 Å². The van der Waals surface area contributed by atoms with Gasteiger partial charge in [0.25, 0.3) is 11.8 Å². The highest BCUT2D eigenvalue weighted by molar-refractivity contribution is 7.98. The minimum absolute atomic E-state index is 0.389. The van der Waals surface area contributed by atoms with E-state index >= 15 is 0 Å². The number of hydrogen-bond acceptors (Lipinski definition) is 5. The van der Waals surface area contributed by atoms with Gasteiger partial charge in [-0.3, -0.25) is 20.4 Å². The number of carbonyl (C=O) groups excluding carboxylic acids is 2. The second-order valence-corrected chi connectivity index (χ2v) is 8.43. The molecule has 0 spiro atoms. The number of benzene rings is 3. The van der Waals surface area contributed by atoms with E-state index < -0.39 is 5.91 Å². The summed E-state index contributed by atoms with van der Waals surface area (Å²) >= 11 is 1.60. The summed E-state index contributed by atoms with van der Waals surface area (Å²) in [5.74, 6) is -0.0719. The predicted octanol–water partition coefficient (Wildman–Crippen LogP) is 4.12. The number of amides is 2. The predicted molar refractivity (Wildman–Crippen MR) is 131 cm³/mol. The van der Waals surface area contributed by atoms with Crippen molar-refractivity contribution in [3.05, 3.63) is 108 Å². The number of aromatic amines is 1.